The summed E-state index contributed by atoms with van der Waals surface area (Å²) in [5.74, 6) is -0.236. The van der Waals surface area contributed by atoms with E-state index in [0.29, 0.717) is 22.2 Å². The molecule has 0 atom stereocenters. The molecule has 2 heterocycles. The van der Waals surface area contributed by atoms with E-state index in [0.717, 1.165) is 46.2 Å². The number of carbonyl (C=O) groups excluding carboxylic acids is 1. The van der Waals surface area contributed by atoms with Crippen LogP contribution in [0.25, 0.3) is 22.2 Å². The molecular formula is C24H19FN2O4S. The maximum atomic E-state index is 13.2. The number of aryl methyl sites for hydroxylation is 2. The molecule has 1 aliphatic carbocycles. The lowest BCUT2D eigenvalue weighted by atomic mass is 10.1. The summed E-state index contributed by atoms with van der Waals surface area (Å²) in [6, 6.07) is 11.3. The van der Waals surface area contributed by atoms with Crippen molar-refractivity contribution in [1.82, 2.24) is 4.98 Å². The molecule has 0 unspecified atom stereocenters. The van der Waals surface area contributed by atoms with E-state index in [4.69, 9.17) is 9.15 Å². The topological polar surface area (TPSA) is 81.4 Å². The van der Waals surface area contributed by atoms with Gasteiger partial charge in [0.1, 0.15) is 17.1 Å². The summed E-state index contributed by atoms with van der Waals surface area (Å²) in [6.45, 7) is 1.67. The fourth-order valence-electron chi connectivity index (χ4n) is 3.98. The van der Waals surface area contributed by atoms with Crippen LogP contribution >= 0.6 is 11.3 Å². The first-order valence-corrected chi connectivity index (χ1v) is 11.0. The number of aromatic nitrogens is 1. The van der Waals surface area contributed by atoms with E-state index in [1.807, 2.05) is 13.0 Å². The van der Waals surface area contributed by atoms with Gasteiger partial charge in [-0.3, -0.25) is 10.1 Å². The number of anilines is 1. The summed E-state index contributed by atoms with van der Waals surface area (Å²) < 4.78 is 24.2. The molecule has 0 aliphatic heterocycles. The van der Waals surface area contributed by atoms with E-state index in [2.05, 4.69) is 10.3 Å². The van der Waals surface area contributed by atoms with Gasteiger partial charge in [-0.25, -0.2) is 14.2 Å². The first-order chi connectivity index (χ1) is 15.5. The molecule has 5 rings (SSSR count). The zero-order valence-electron chi connectivity index (χ0n) is 17.2. The van der Waals surface area contributed by atoms with Gasteiger partial charge in [-0.05, 0) is 68.1 Å². The normalized spacial score (nSPS) is 12.7. The average Bonchev–Trinajstić information content (AvgIpc) is 3.40. The number of ether oxygens (including phenoxy) is 1. The second-order valence-electron chi connectivity index (χ2n) is 7.63. The smallest absolute Gasteiger partial charge is 0.339 e. The van der Waals surface area contributed by atoms with E-state index in [1.54, 1.807) is 24.3 Å². The number of thiazole rings is 1. The first kappa shape index (κ1) is 20.4. The van der Waals surface area contributed by atoms with Gasteiger partial charge in [-0.1, -0.05) is 0 Å². The Kier molecular flexibility index (Phi) is 5.22. The lowest BCUT2D eigenvalue weighted by Crippen LogP contribution is -2.20. The number of fused-ring (bicyclic) bond motifs is 3. The summed E-state index contributed by atoms with van der Waals surface area (Å²) >= 11 is 1.34. The fraction of sp³-hybridized carbons (Fsp3) is 0.208. The quantitative estimate of drug-likeness (QED) is 0.439. The van der Waals surface area contributed by atoms with Crippen molar-refractivity contribution in [1.29, 1.82) is 0 Å². The van der Waals surface area contributed by atoms with Gasteiger partial charge in [-0.2, -0.15) is 0 Å². The van der Waals surface area contributed by atoms with Crippen LogP contribution in [0, 0.1) is 12.7 Å². The van der Waals surface area contributed by atoms with Gasteiger partial charge >= 0.3 is 5.63 Å². The van der Waals surface area contributed by atoms with Crippen LogP contribution in [0.5, 0.6) is 5.75 Å². The molecule has 1 N–H and O–H groups in total. The van der Waals surface area contributed by atoms with Crippen LogP contribution in [-0.4, -0.2) is 17.5 Å². The molecule has 0 bridgehead atoms. The van der Waals surface area contributed by atoms with Crippen molar-refractivity contribution in [3.05, 3.63) is 74.7 Å². The minimum Gasteiger partial charge on any atom is -0.484 e. The second-order valence-corrected chi connectivity index (χ2v) is 8.83. The first-order valence-electron chi connectivity index (χ1n) is 10.2. The third-order valence-corrected chi connectivity index (χ3v) is 6.36. The molecule has 8 heteroatoms. The maximum absolute atomic E-state index is 13.2. The van der Waals surface area contributed by atoms with E-state index < -0.39 is 0 Å². The van der Waals surface area contributed by atoms with Gasteiger partial charge in [0.05, 0.1) is 5.69 Å². The predicted octanol–water partition coefficient (Wildman–Crippen LogP) is 4.87. The van der Waals surface area contributed by atoms with Crippen LogP contribution in [0.1, 0.15) is 22.4 Å². The zero-order valence-corrected chi connectivity index (χ0v) is 18.1. The van der Waals surface area contributed by atoms with Crippen LogP contribution < -0.4 is 15.7 Å². The molecule has 0 saturated heterocycles. The number of rotatable bonds is 5. The molecule has 162 valence electrons. The Morgan fingerprint density at radius 1 is 1.19 bits per heavy atom. The van der Waals surface area contributed by atoms with Crippen LogP contribution in [0.15, 0.2) is 51.7 Å². The molecule has 2 aromatic heterocycles. The van der Waals surface area contributed by atoms with Crippen molar-refractivity contribution in [3.8, 4) is 17.0 Å². The van der Waals surface area contributed by atoms with E-state index in [1.165, 1.54) is 23.5 Å². The van der Waals surface area contributed by atoms with Gasteiger partial charge in [-0.15, -0.1) is 11.3 Å². The molecule has 0 saturated carbocycles. The number of amides is 1. The second kappa shape index (κ2) is 8.20. The summed E-state index contributed by atoms with van der Waals surface area (Å²) in [5.41, 5.74) is 3.47. The van der Waals surface area contributed by atoms with Crippen LogP contribution in [0.4, 0.5) is 9.52 Å². The Hall–Kier alpha value is -3.52. The van der Waals surface area contributed by atoms with Crippen molar-refractivity contribution in [3.63, 3.8) is 0 Å². The Morgan fingerprint density at radius 3 is 2.78 bits per heavy atom. The molecular weight excluding hydrogens is 431 g/mol. The molecule has 4 aromatic rings. The number of hydrogen-bond acceptors (Lipinski definition) is 6. The Labute approximate surface area is 186 Å². The molecule has 6 nitrogen and oxygen atoms in total. The SMILES string of the molecule is Cc1sc(NC(=O)COc2ccc3c4c(c(=O)oc3c2)CCC4)nc1-c1ccc(F)cc1. The number of nitrogens with one attached hydrogen (secondary N) is 1. The van der Waals surface area contributed by atoms with Gasteiger partial charge in [0.2, 0.25) is 0 Å². The summed E-state index contributed by atoms with van der Waals surface area (Å²) in [6.07, 6.45) is 2.58. The van der Waals surface area contributed by atoms with Crippen molar-refractivity contribution >= 4 is 33.3 Å². The minimum atomic E-state index is -0.361. The lowest BCUT2D eigenvalue weighted by Gasteiger charge is -2.08. The van der Waals surface area contributed by atoms with Crippen LogP contribution in [0.3, 0.4) is 0 Å². The Morgan fingerprint density at radius 2 is 1.97 bits per heavy atom. The van der Waals surface area contributed by atoms with Crippen molar-refractivity contribution in [2.24, 2.45) is 0 Å². The summed E-state index contributed by atoms with van der Waals surface area (Å²) in [5, 5.41) is 4.09. The Balaban J connectivity index is 1.27. The monoisotopic (exact) mass is 450 g/mol. The van der Waals surface area contributed by atoms with Gasteiger partial charge in [0, 0.05) is 27.5 Å². The van der Waals surface area contributed by atoms with Gasteiger partial charge in [0.25, 0.3) is 5.91 Å². The third-order valence-electron chi connectivity index (χ3n) is 5.48. The highest BCUT2D eigenvalue weighted by Crippen LogP contribution is 2.31. The lowest BCUT2D eigenvalue weighted by molar-refractivity contribution is -0.118. The van der Waals surface area contributed by atoms with E-state index in [-0.39, 0.29) is 24.0 Å². The van der Waals surface area contributed by atoms with Gasteiger partial charge in [0.15, 0.2) is 11.7 Å². The summed E-state index contributed by atoms with van der Waals surface area (Å²) in [7, 11) is 0. The zero-order chi connectivity index (χ0) is 22.2. The van der Waals surface area contributed by atoms with E-state index >= 15 is 0 Å². The standard InChI is InChI=1S/C24H19FN2O4S/c1-13-22(14-5-7-15(25)8-6-14)27-24(32-13)26-21(28)12-30-16-9-10-18-17-3-2-4-19(17)23(29)31-20(18)11-16/h5-11H,2-4,12H2,1H3,(H,26,27,28). The number of carbonyl (C=O) groups is 1. The molecule has 0 spiro atoms. The molecule has 0 fully saturated rings. The van der Waals surface area contributed by atoms with Crippen molar-refractivity contribution in [2.75, 3.05) is 11.9 Å². The largest absolute Gasteiger partial charge is 0.484 e. The van der Waals surface area contributed by atoms with E-state index in [9.17, 15) is 14.0 Å². The van der Waals surface area contributed by atoms with Gasteiger partial charge < -0.3 is 9.15 Å². The maximum Gasteiger partial charge on any atom is 0.339 e. The molecule has 1 amide bonds. The predicted molar refractivity (Wildman–Crippen MR) is 121 cm³/mol. The molecule has 32 heavy (non-hydrogen) atoms. The van der Waals surface area contributed by atoms with Crippen LogP contribution in [0.2, 0.25) is 0 Å². The number of nitrogens with zero attached hydrogens (tertiary/aromatic N) is 1. The fourth-order valence-corrected chi connectivity index (χ4v) is 4.84. The molecule has 1 aliphatic rings. The highest BCUT2D eigenvalue weighted by atomic mass is 32.1. The van der Waals surface area contributed by atoms with Crippen LogP contribution in [-0.2, 0) is 17.6 Å². The Bertz CT molecular complexity index is 1390. The third kappa shape index (κ3) is 3.89. The van der Waals surface area contributed by atoms with Crippen molar-refractivity contribution < 1.29 is 18.3 Å². The highest BCUT2D eigenvalue weighted by molar-refractivity contribution is 7.16. The number of halogens is 1. The highest BCUT2D eigenvalue weighted by Gasteiger charge is 2.20. The average molecular weight is 450 g/mol. The molecule has 0 radical (unpaired) electrons. The molecule has 2 aromatic carbocycles. The minimum absolute atomic E-state index is 0.217. The van der Waals surface area contributed by atoms with Crippen molar-refractivity contribution in [2.45, 2.75) is 26.2 Å². The number of benzene rings is 2. The number of hydrogen-bond donors (Lipinski definition) is 1. The summed E-state index contributed by atoms with van der Waals surface area (Å²) in [4.78, 5) is 29.9.